The molecule has 0 unspecified atom stereocenters. The molecule has 0 heterocycles. The van der Waals surface area contributed by atoms with E-state index in [9.17, 15) is 13.2 Å². The van der Waals surface area contributed by atoms with E-state index in [1.807, 2.05) is 0 Å². The largest absolute Gasteiger partial charge is 0.573 e. The molecule has 100 valence electrons. The molecule has 0 atom stereocenters. The van der Waals surface area contributed by atoms with Crippen molar-refractivity contribution in [3.8, 4) is 16.9 Å². The van der Waals surface area contributed by atoms with Crippen molar-refractivity contribution >= 4 is 23.2 Å². The first-order chi connectivity index (χ1) is 8.83. The van der Waals surface area contributed by atoms with E-state index >= 15 is 0 Å². The van der Waals surface area contributed by atoms with E-state index in [1.54, 1.807) is 18.2 Å². The number of hydrogen-bond donors (Lipinski definition) is 0. The summed E-state index contributed by atoms with van der Waals surface area (Å²) in [6.45, 7) is 0. The highest BCUT2D eigenvalue weighted by Crippen LogP contribution is 2.29. The van der Waals surface area contributed by atoms with E-state index in [4.69, 9.17) is 23.2 Å². The first-order valence-corrected chi connectivity index (χ1v) is 5.91. The van der Waals surface area contributed by atoms with Gasteiger partial charge in [0.25, 0.3) is 0 Å². The summed E-state index contributed by atoms with van der Waals surface area (Å²) in [6.07, 6.45) is -4.69. The molecule has 19 heavy (non-hydrogen) atoms. The van der Waals surface area contributed by atoms with Gasteiger partial charge in [-0.1, -0.05) is 35.3 Å². The second kappa shape index (κ2) is 5.31. The third-order valence-electron chi connectivity index (χ3n) is 2.28. The zero-order chi connectivity index (χ0) is 14.0. The molecule has 0 fully saturated rings. The lowest BCUT2D eigenvalue weighted by Crippen LogP contribution is -2.16. The SMILES string of the molecule is FC(F)(F)Oc1ccc(-c2cc(Cl)cc(Cl)c2)cc1. The molecule has 2 aromatic carbocycles. The molecule has 0 N–H and O–H groups in total. The molecular formula is C13H7Cl2F3O. The van der Waals surface area contributed by atoms with Crippen molar-refractivity contribution in [1.82, 2.24) is 0 Å². The summed E-state index contributed by atoms with van der Waals surface area (Å²) in [5, 5.41) is 0.913. The van der Waals surface area contributed by atoms with Crippen molar-refractivity contribution in [2.45, 2.75) is 6.36 Å². The van der Waals surface area contributed by atoms with Crippen LogP contribution in [0.4, 0.5) is 13.2 Å². The third kappa shape index (κ3) is 4.04. The number of hydrogen-bond acceptors (Lipinski definition) is 1. The standard InChI is InChI=1S/C13H7Cl2F3O/c14-10-5-9(6-11(15)7-10)8-1-3-12(4-2-8)19-13(16,17)18/h1-7H. The highest BCUT2D eigenvalue weighted by Gasteiger charge is 2.30. The van der Waals surface area contributed by atoms with Crippen LogP contribution >= 0.6 is 23.2 Å². The van der Waals surface area contributed by atoms with Gasteiger partial charge in [0.15, 0.2) is 0 Å². The van der Waals surface area contributed by atoms with Gasteiger partial charge in [-0.25, -0.2) is 0 Å². The zero-order valence-electron chi connectivity index (χ0n) is 9.34. The molecule has 0 aromatic heterocycles. The lowest BCUT2D eigenvalue weighted by atomic mass is 10.1. The van der Waals surface area contributed by atoms with Crippen LogP contribution in [-0.2, 0) is 0 Å². The van der Waals surface area contributed by atoms with Crippen molar-refractivity contribution in [3.05, 3.63) is 52.5 Å². The molecule has 6 heteroatoms. The van der Waals surface area contributed by atoms with Gasteiger partial charge in [-0.3, -0.25) is 0 Å². The Morgan fingerprint density at radius 2 is 1.32 bits per heavy atom. The second-order valence-corrected chi connectivity index (χ2v) is 4.60. The Bertz CT molecular complexity index is 559. The smallest absolute Gasteiger partial charge is 0.406 e. The van der Waals surface area contributed by atoms with Gasteiger partial charge in [0.05, 0.1) is 0 Å². The fraction of sp³-hybridized carbons (Fsp3) is 0.0769. The second-order valence-electron chi connectivity index (χ2n) is 3.73. The van der Waals surface area contributed by atoms with E-state index in [1.165, 1.54) is 24.3 Å². The van der Waals surface area contributed by atoms with Gasteiger partial charge in [0.2, 0.25) is 0 Å². The van der Waals surface area contributed by atoms with Crippen LogP contribution in [0.15, 0.2) is 42.5 Å². The number of rotatable bonds is 2. The van der Waals surface area contributed by atoms with Gasteiger partial charge in [-0.15, -0.1) is 13.2 Å². The molecule has 0 aliphatic carbocycles. The van der Waals surface area contributed by atoms with Crippen LogP contribution in [0.3, 0.4) is 0 Å². The van der Waals surface area contributed by atoms with Crippen LogP contribution in [0.2, 0.25) is 10.0 Å². The maximum Gasteiger partial charge on any atom is 0.573 e. The minimum atomic E-state index is -4.69. The van der Waals surface area contributed by atoms with Crippen LogP contribution in [0.25, 0.3) is 11.1 Å². The summed E-state index contributed by atoms with van der Waals surface area (Å²) in [5.41, 5.74) is 1.41. The molecule has 0 amide bonds. The van der Waals surface area contributed by atoms with Crippen molar-refractivity contribution in [3.63, 3.8) is 0 Å². The summed E-state index contributed by atoms with van der Waals surface area (Å²) >= 11 is 11.7. The van der Waals surface area contributed by atoms with Crippen LogP contribution in [0, 0.1) is 0 Å². The summed E-state index contributed by atoms with van der Waals surface area (Å²) in [5.74, 6) is -0.274. The summed E-state index contributed by atoms with van der Waals surface area (Å²) < 4.78 is 39.8. The summed E-state index contributed by atoms with van der Waals surface area (Å²) in [7, 11) is 0. The van der Waals surface area contributed by atoms with E-state index in [0.717, 1.165) is 5.56 Å². The first kappa shape index (κ1) is 14.0. The molecule has 0 aliphatic heterocycles. The molecule has 0 aliphatic rings. The molecule has 0 spiro atoms. The highest BCUT2D eigenvalue weighted by atomic mass is 35.5. The topological polar surface area (TPSA) is 9.23 Å². The number of halogens is 5. The number of alkyl halides is 3. The maximum atomic E-state index is 12.0. The van der Waals surface area contributed by atoms with Crippen LogP contribution in [-0.4, -0.2) is 6.36 Å². The lowest BCUT2D eigenvalue weighted by Gasteiger charge is -2.09. The van der Waals surface area contributed by atoms with Gasteiger partial charge in [-0.05, 0) is 41.5 Å². The predicted molar refractivity (Wildman–Crippen MR) is 68.6 cm³/mol. The Labute approximate surface area is 117 Å². The Morgan fingerprint density at radius 1 is 0.789 bits per heavy atom. The van der Waals surface area contributed by atoms with E-state index in [2.05, 4.69) is 4.74 Å². The molecule has 0 bridgehead atoms. The molecular weight excluding hydrogens is 300 g/mol. The molecule has 0 saturated heterocycles. The van der Waals surface area contributed by atoms with E-state index in [0.29, 0.717) is 15.6 Å². The van der Waals surface area contributed by atoms with E-state index < -0.39 is 6.36 Å². The van der Waals surface area contributed by atoms with Crippen molar-refractivity contribution in [2.24, 2.45) is 0 Å². The van der Waals surface area contributed by atoms with Crippen LogP contribution in [0.1, 0.15) is 0 Å². The van der Waals surface area contributed by atoms with Crippen molar-refractivity contribution in [2.75, 3.05) is 0 Å². The summed E-state index contributed by atoms with van der Waals surface area (Å²) in [4.78, 5) is 0. The maximum absolute atomic E-state index is 12.0. The first-order valence-electron chi connectivity index (χ1n) is 5.16. The van der Waals surface area contributed by atoms with Gasteiger partial charge in [0.1, 0.15) is 5.75 Å². The molecule has 1 nitrogen and oxygen atoms in total. The van der Waals surface area contributed by atoms with Gasteiger partial charge in [0, 0.05) is 10.0 Å². The Hall–Kier alpha value is -1.39. The van der Waals surface area contributed by atoms with Crippen molar-refractivity contribution in [1.29, 1.82) is 0 Å². The summed E-state index contributed by atoms with van der Waals surface area (Å²) in [6, 6.07) is 10.4. The normalized spacial score (nSPS) is 11.4. The Kier molecular flexibility index (Phi) is 3.92. The minimum absolute atomic E-state index is 0.274. The van der Waals surface area contributed by atoms with Gasteiger partial charge < -0.3 is 4.74 Å². The molecule has 2 aromatic rings. The van der Waals surface area contributed by atoms with Gasteiger partial charge >= 0.3 is 6.36 Å². The zero-order valence-corrected chi connectivity index (χ0v) is 10.9. The van der Waals surface area contributed by atoms with Gasteiger partial charge in [-0.2, -0.15) is 0 Å². The van der Waals surface area contributed by atoms with Crippen LogP contribution in [0.5, 0.6) is 5.75 Å². The van der Waals surface area contributed by atoms with E-state index in [-0.39, 0.29) is 5.75 Å². The van der Waals surface area contributed by atoms with Crippen molar-refractivity contribution < 1.29 is 17.9 Å². The fourth-order valence-corrected chi connectivity index (χ4v) is 2.10. The highest BCUT2D eigenvalue weighted by molar-refractivity contribution is 6.35. The Balaban J connectivity index is 2.27. The minimum Gasteiger partial charge on any atom is -0.406 e. The quantitative estimate of drug-likeness (QED) is 0.706. The number of benzene rings is 2. The number of ether oxygens (including phenoxy) is 1. The monoisotopic (exact) mass is 306 g/mol. The average Bonchev–Trinajstić information content (AvgIpc) is 2.26. The third-order valence-corrected chi connectivity index (χ3v) is 2.72. The average molecular weight is 307 g/mol. The predicted octanol–water partition coefficient (Wildman–Crippen LogP) is 5.56. The lowest BCUT2D eigenvalue weighted by molar-refractivity contribution is -0.274. The molecule has 2 rings (SSSR count). The fourth-order valence-electron chi connectivity index (χ4n) is 1.57. The Morgan fingerprint density at radius 3 is 1.79 bits per heavy atom. The molecule has 0 saturated carbocycles. The van der Waals surface area contributed by atoms with Crippen LogP contribution < -0.4 is 4.74 Å². The molecule has 0 radical (unpaired) electrons.